The SMILES string of the molecule is O=C(c1cncc(O)c1)N1C[C@@H](F)C[C@H]1CO. The molecule has 0 aliphatic carbocycles. The molecule has 0 bridgehead atoms. The maximum Gasteiger partial charge on any atom is 0.255 e. The predicted molar refractivity (Wildman–Crippen MR) is 57.3 cm³/mol. The van der Waals surface area contributed by atoms with Crippen molar-refractivity contribution in [2.75, 3.05) is 13.2 Å². The number of aliphatic hydroxyl groups is 1. The molecule has 1 fully saturated rings. The second kappa shape index (κ2) is 4.67. The molecule has 1 aromatic rings. The number of alkyl halides is 1. The number of amides is 1. The third-order valence-electron chi connectivity index (χ3n) is 2.81. The van der Waals surface area contributed by atoms with Crippen molar-refractivity contribution in [2.45, 2.75) is 18.6 Å². The normalized spacial score (nSPS) is 24.0. The summed E-state index contributed by atoms with van der Waals surface area (Å²) in [4.78, 5) is 17.0. The van der Waals surface area contributed by atoms with Gasteiger partial charge in [0, 0.05) is 12.6 Å². The van der Waals surface area contributed by atoms with E-state index >= 15 is 0 Å². The number of aromatic hydroxyl groups is 1. The van der Waals surface area contributed by atoms with Gasteiger partial charge < -0.3 is 15.1 Å². The quantitative estimate of drug-likeness (QED) is 0.781. The summed E-state index contributed by atoms with van der Waals surface area (Å²) in [7, 11) is 0. The van der Waals surface area contributed by atoms with Crippen LogP contribution in [0.3, 0.4) is 0 Å². The van der Waals surface area contributed by atoms with Crippen LogP contribution < -0.4 is 0 Å². The predicted octanol–water partition coefficient (Wildman–Crippen LogP) is 0.332. The number of rotatable bonds is 2. The molecule has 1 aliphatic heterocycles. The number of hydrogen-bond donors (Lipinski definition) is 2. The molecule has 1 amide bonds. The van der Waals surface area contributed by atoms with Crippen molar-refractivity contribution in [3.05, 3.63) is 24.0 Å². The molecule has 6 heteroatoms. The molecule has 17 heavy (non-hydrogen) atoms. The number of hydrogen-bond acceptors (Lipinski definition) is 4. The largest absolute Gasteiger partial charge is 0.506 e. The highest BCUT2D eigenvalue weighted by atomic mass is 19.1. The Morgan fingerprint density at radius 1 is 1.59 bits per heavy atom. The molecule has 5 nitrogen and oxygen atoms in total. The van der Waals surface area contributed by atoms with Gasteiger partial charge in [0.2, 0.25) is 0 Å². The zero-order valence-corrected chi connectivity index (χ0v) is 9.08. The number of carbonyl (C=O) groups excluding carboxylic acids is 1. The van der Waals surface area contributed by atoms with Gasteiger partial charge >= 0.3 is 0 Å². The number of pyridine rings is 1. The summed E-state index contributed by atoms with van der Waals surface area (Å²) >= 11 is 0. The second-order valence-corrected chi connectivity index (χ2v) is 4.06. The van der Waals surface area contributed by atoms with Crippen molar-refractivity contribution in [3.8, 4) is 5.75 Å². The topological polar surface area (TPSA) is 73.7 Å². The summed E-state index contributed by atoms with van der Waals surface area (Å²) in [5.41, 5.74) is 0.192. The molecule has 2 N–H and O–H groups in total. The van der Waals surface area contributed by atoms with E-state index in [1.807, 2.05) is 0 Å². The van der Waals surface area contributed by atoms with Crippen LogP contribution in [0.4, 0.5) is 4.39 Å². The van der Waals surface area contributed by atoms with Gasteiger partial charge in [0.1, 0.15) is 11.9 Å². The Balaban J connectivity index is 2.20. The lowest BCUT2D eigenvalue weighted by molar-refractivity contribution is 0.0672. The fourth-order valence-corrected chi connectivity index (χ4v) is 1.99. The molecular formula is C11H13FN2O3. The van der Waals surface area contributed by atoms with Gasteiger partial charge in [-0.05, 0) is 6.07 Å². The summed E-state index contributed by atoms with van der Waals surface area (Å²) in [5, 5.41) is 18.3. The zero-order valence-electron chi connectivity index (χ0n) is 9.08. The molecular weight excluding hydrogens is 227 g/mol. The molecule has 92 valence electrons. The Morgan fingerprint density at radius 3 is 3.00 bits per heavy atom. The molecule has 2 heterocycles. The first kappa shape index (κ1) is 11.8. The van der Waals surface area contributed by atoms with E-state index in [0.717, 1.165) is 0 Å². The lowest BCUT2D eigenvalue weighted by Crippen LogP contribution is -2.37. The minimum Gasteiger partial charge on any atom is -0.506 e. The van der Waals surface area contributed by atoms with E-state index in [-0.39, 0.29) is 30.9 Å². The molecule has 0 spiro atoms. The third kappa shape index (κ3) is 2.36. The molecule has 0 aromatic carbocycles. The smallest absolute Gasteiger partial charge is 0.255 e. The zero-order chi connectivity index (χ0) is 12.4. The highest BCUT2D eigenvalue weighted by Crippen LogP contribution is 2.23. The van der Waals surface area contributed by atoms with Gasteiger partial charge in [-0.2, -0.15) is 0 Å². The number of halogens is 1. The molecule has 1 saturated heterocycles. The third-order valence-corrected chi connectivity index (χ3v) is 2.81. The maximum absolute atomic E-state index is 13.2. The van der Waals surface area contributed by atoms with Crippen LogP contribution in [-0.4, -0.2) is 51.4 Å². The Kier molecular flexibility index (Phi) is 3.23. The first-order valence-corrected chi connectivity index (χ1v) is 5.31. The minimum absolute atomic E-state index is 0.0281. The fraction of sp³-hybridized carbons (Fsp3) is 0.455. The first-order valence-electron chi connectivity index (χ1n) is 5.31. The maximum atomic E-state index is 13.2. The molecule has 2 rings (SSSR count). The van der Waals surface area contributed by atoms with Crippen LogP contribution in [0.5, 0.6) is 5.75 Å². The number of aliphatic hydroxyl groups excluding tert-OH is 1. The number of likely N-dealkylation sites (tertiary alicyclic amines) is 1. The van der Waals surface area contributed by atoms with Crippen LogP contribution in [0.2, 0.25) is 0 Å². The van der Waals surface area contributed by atoms with Crippen molar-refractivity contribution >= 4 is 5.91 Å². The number of aromatic nitrogens is 1. The average molecular weight is 240 g/mol. The first-order chi connectivity index (χ1) is 8.11. The summed E-state index contributed by atoms with van der Waals surface area (Å²) in [6, 6.07) is 0.773. The van der Waals surface area contributed by atoms with E-state index < -0.39 is 18.1 Å². The van der Waals surface area contributed by atoms with Crippen LogP contribution >= 0.6 is 0 Å². The Morgan fingerprint density at radius 2 is 2.35 bits per heavy atom. The van der Waals surface area contributed by atoms with Gasteiger partial charge in [-0.1, -0.05) is 0 Å². The van der Waals surface area contributed by atoms with Crippen molar-refractivity contribution in [3.63, 3.8) is 0 Å². The molecule has 1 aliphatic rings. The van der Waals surface area contributed by atoms with Gasteiger partial charge in [-0.15, -0.1) is 0 Å². The van der Waals surface area contributed by atoms with Gasteiger partial charge in [0.05, 0.1) is 31.0 Å². The monoisotopic (exact) mass is 240 g/mol. The van der Waals surface area contributed by atoms with E-state index in [0.29, 0.717) is 0 Å². The van der Waals surface area contributed by atoms with E-state index in [4.69, 9.17) is 5.11 Å². The Hall–Kier alpha value is -1.69. The van der Waals surface area contributed by atoms with Gasteiger partial charge in [-0.3, -0.25) is 9.78 Å². The summed E-state index contributed by atoms with van der Waals surface area (Å²) in [6.07, 6.45) is 1.56. The van der Waals surface area contributed by atoms with E-state index in [9.17, 15) is 14.3 Å². The molecule has 0 radical (unpaired) electrons. The second-order valence-electron chi connectivity index (χ2n) is 4.06. The van der Waals surface area contributed by atoms with Gasteiger partial charge in [0.25, 0.3) is 5.91 Å². The summed E-state index contributed by atoms with van der Waals surface area (Å²) in [5.74, 6) is -0.542. The highest BCUT2D eigenvalue weighted by molar-refractivity contribution is 5.94. The van der Waals surface area contributed by atoms with E-state index in [1.54, 1.807) is 0 Å². The number of nitrogens with zero attached hydrogens (tertiary/aromatic N) is 2. The summed E-state index contributed by atoms with van der Waals surface area (Å²) < 4.78 is 13.2. The lowest BCUT2D eigenvalue weighted by atomic mass is 10.2. The van der Waals surface area contributed by atoms with Crippen molar-refractivity contribution in [2.24, 2.45) is 0 Å². The molecule has 0 unspecified atom stereocenters. The van der Waals surface area contributed by atoms with Crippen LogP contribution in [0.15, 0.2) is 18.5 Å². The molecule has 2 atom stereocenters. The standard InChI is InChI=1S/C11H13FN2O3/c12-8-2-9(6-15)14(5-8)11(17)7-1-10(16)4-13-3-7/h1,3-4,8-9,15-16H,2,5-6H2/t8-,9-/m0/s1. The Labute approximate surface area is 97.5 Å². The molecule has 0 saturated carbocycles. The van der Waals surface area contributed by atoms with E-state index in [1.165, 1.54) is 23.4 Å². The lowest BCUT2D eigenvalue weighted by Gasteiger charge is -2.22. The van der Waals surface area contributed by atoms with Crippen LogP contribution in [-0.2, 0) is 0 Å². The number of carbonyl (C=O) groups is 1. The van der Waals surface area contributed by atoms with Gasteiger partial charge in [0.15, 0.2) is 0 Å². The van der Waals surface area contributed by atoms with Crippen LogP contribution in [0, 0.1) is 0 Å². The fourth-order valence-electron chi connectivity index (χ4n) is 1.99. The van der Waals surface area contributed by atoms with Gasteiger partial charge in [-0.25, -0.2) is 4.39 Å². The van der Waals surface area contributed by atoms with E-state index in [2.05, 4.69) is 4.98 Å². The van der Waals surface area contributed by atoms with Crippen molar-refractivity contribution < 1.29 is 19.4 Å². The van der Waals surface area contributed by atoms with Crippen LogP contribution in [0.1, 0.15) is 16.8 Å². The highest BCUT2D eigenvalue weighted by Gasteiger charge is 2.35. The minimum atomic E-state index is -1.11. The summed E-state index contributed by atoms with van der Waals surface area (Å²) in [6.45, 7) is -0.294. The average Bonchev–Trinajstić information content (AvgIpc) is 2.69. The van der Waals surface area contributed by atoms with Crippen molar-refractivity contribution in [1.82, 2.24) is 9.88 Å². The molecule has 1 aromatic heterocycles. The Bertz CT molecular complexity index is 427. The van der Waals surface area contributed by atoms with Crippen molar-refractivity contribution in [1.29, 1.82) is 0 Å². The van der Waals surface area contributed by atoms with Crippen LogP contribution in [0.25, 0.3) is 0 Å².